The summed E-state index contributed by atoms with van der Waals surface area (Å²) in [4.78, 5) is 0. The van der Waals surface area contributed by atoms with Gasteiger partial charge in [-0.2, -0.15) is 0 Å². The Bertz CT molecular complexity index is 102. The van der Waals surface area contributed by atoms with Crippen LogP contribution in [0.15, 0.2) is 0 Å². The summed E-state index contributed by atoms with van der Waals surface area (Å²) in [5.41, 5.74) is 0.872. The minimum atomic E-state index is 0.872. The van der Waals surface area contributed by atoms with Crippen molar-refractivity contribution in [2.24, 2.45) is 5.41 Å². The molecule has 0 saturated carbocycles. The summed E-state index contributed by atoms with van der Waals surface area (Å²) in [7, 11) is 2.60. The Morgan fingerprint density at radius 3 is 1.36 bits per heavy atom. The number of hydrogen-bond acceptors (Lipinski definition) is 0. The maximum Gasteiger partial charge on any atom is -0.0284 e. The SMILES string of the molecule is C1CC2(CCP1)CCPCC2. The molecule has 2 aliphatic heterocycles. The third-order valence-corrected chi connectivity index (χ3v) is 5.74. The van der Waals surface area contributed by atoms with Crippen molar-refractivity contribution in [2.75, 3.05) is 24.6 Å². The molecular weight excluding hydrogens is 170 g/mol. The van der Waals surface area contributed by atoms with Gasteiger partial charge in [-0.3, -0.25) is 0 Å². The summed E-state index contributed by atoms with van der Waals surface area (Å²) in [6.07, 6.45) is 12.6. The fraction of sp³-hybridized carbons (Fsp3) is 1.00. The van der Waals surface area contributed by atoms with Gasteiger partial charge < -0.3 is 0 Å². The Balaban J connectivity index is 1.94. The average Bonchev–Trinajstić information content (AvgIpc) is 2.07. The lowest BCUT2D eigenvalue weighted by molar-refractivity contribution is 0.235. The van der Waals surface area contributed by atoms with E-state index in [1.54, 1.807) is 50.3 Å². The maximum atomic E-state index is 1.58. The van der Waals surface area contributed by atoms with Crippen LogP contribution in [0.5, 0.6) is 0 Å². The molecule has 0 bridgehead atoms. The van der Waals surface area contributed by atoms with Gasteiger partial charge in [0.1, 0.15) is 0 Å². The number of rotatable bonds is 0. The lowest BCUT2D eigenvalue weighted by atomic mass is 9.77. The average molecular weight is 188 g/mol. The van der Waals surface area contributed by atoms with E-state index in [0.717, 1.165) is 5.41 Å². The quantitative estimate of drug-likeness (QED) is 0.513. The van der Waals surface area contributed by atoms with Gasteiger partial charge >= 0.3 is 0 Å². The van der Waals surface area contributed by atoms with Crippen LogP contribution in [0.1, 0.15) is 25.7 Å². The molecule has 0 aromatic heterocycles. The summed E-state index contributed by atoms with van der Waals surface area (Å²) >= 11 is 0. The molecular formula is C9H18P2. The highest BCUT2D eigenvalue weighted by Gasteiger charge is 2.32. The van der Waals surface area contributed by atoms with E-state index in [0.29, 0.717) is 0 Å². The smallest absolute Gasteiger partial charge is 0.0284 e. The third-order valence-electron chi connectivity index (χ3n) is 3.33. The summed E-state index contributed by atoms with van der Waals surface area (Å²) < 4.78 is 0. The van der Waals surface area contributed by atoms with Gasteiger partial charge in [0.2, 0.25) is 0 Å². The fourth-order valence-corrected chi connectivity index (χ4v) is 5.74. The lowest BCUT2D eigenvalue weighted by Crippen LogP contribution is -2.29. The molecule has 1 spiro atoms. The molecule has 0 N–H and O–H groups in total. The molecule has 0 aromatic rings. The van der Waals surface area contributed by atoms with Crippen LogP contribution < -0.4 is 0 Å². The first-order valence-electron chi connectivity index (χ1n) is 4.83. The zero-order valence-corrected chi connectivity index (χ0v) is 9.16. The minimum absolute atomic E-state index is 0.872. The Morgan fingerprint density at radius 1 is 0.636 bits per heavy atom. The molecule has 0 aromatic carbocycles. The van der Waals surface area contributed by atoms with Crippen molar-refractivity contribution in [2.45, 2.75) is 25.7 Å². The van der Waals surface area contributed by atoms with E-state index in [4.69, 9.17) is 0 Å². The van der Waals surface area contributed by atoms with Crippen LogP contribution in [0.3, 0.4) is 0 Å². The third kappa shape index (κ3) is 1.96. The van der Waals surface area contributed by atoms with Gasteiger partial charge in [0.15, 0.2) is 0 Å². The molecule has 0 radical (unpaired) electrons. The summed E-state index contributed by atoms with van der Waals surface area (Å²) in [5.74, 6) is 0. The molecule has 2 heterocycles. The van der Waals surface area contributed by atoms with Crippen molar-refractivity contribution in [3.8, 4) is 0 Å². The highest BCUT2D eigenvalue weighted by atomic mass is 31.1. The molecule has 64 valence electrons. The first-order chi connectivity index (χ1) is 5.41. The summed E-state index contributed by atoms with van der Waals surface area (Å²) in [6, 6.07) is 0. The highest BCUT2D eigenvalue weighted by molar-refractivity contribution is 7.38. The second-order valence-electron chi connectivity index (χ2n) is 4.00. The Labute approximate surface area is 73.5 Å². The van der Waals surface area contributed by atoms with Crippen LogP contribution in [0.2, 0.25) is 0 Å². The Kier molecular flexibility index (Phi) is 2.86. The lowest BCUT2D eigenvalue weighted by Gasteiger charge is -2.40. The standard InChI is InChI=1S/C9H18P2/c1-5-10-6-2-9(1)3-7-11-8-4-9/h10-11H,1-8H2. The first-order valence-corrected chi connectivity index (χ1v) is 7.66. The van der Waals surface area contributed by atoms with Gasteiger partial charge in [-0.1, -0.05) is 0 Å². The van der Waals surface area contributed by atoms with Crippen LogP contribution >= 0.6 is 17.2 Å². The Hall–Kier alpha value is 0.860. The molecule has 0 nitrogen and oxygen atoms in total. The largest absolute Gasteiger partial charge is 0.122 e. The van der Waals surface area contributed by atoms with Crippen molar-refractivity contribution in [1.29, 1.82) is 0 Å². The topological polar surface area (TPSA) is 0 Å². The molecule has 0 unspecified atom stereocenters. The monoisotopic (exact) mass is 188 g/mol. The zero-order chi connectivity index (χ0) is 7.57. The summed E-state index contributed by atoms with van der Waals surface area (Å²) in [6.45, 7) is 0. The van der Waals surface area contributed by atoms with E-state index in [1.165, 1.54) is 17.2 Å². The molecule has 0 amide bonds. The normalized spacial score (nSPS) is 43.6. The van der Waals surface area contributed by atoms with E-state index in [2.05, 4.69) is 0 Å². The van der Waals surface area contributed by atoms with Gasteiger partial charge in [-0.25, -0.2) is 0 Å². The van der Waals surface area contributed by atoms with Crippen molar-refractivity contribution >= 4 is 17.2 Å². The molecule has 2 heteroatoms. The highest BCUT2D eigenvalue weighted by Crippen LogP contribution is 2.47. The van der Waals surface area contributed by atoms with Gasteiger partial charge in [0.05, 0.1) is 0 Å². The molecule has 2 aliphatic rings. The van der Waals surface area contributed by atoms with Crippen molar-refractivity contribution in [3.63, 3.8) is 0 Å². The molecule has 2 fully saturated rings. The van der Waals surface area contributed by atoms with Crippen LogP contribution in [0, 0.1) is 5.41 Å². The fourth-order valence-electron chi connectivity index (χ4n) is 2.41. The minimum Gasteiger partial charge on any atom is -0.122 e. The molecule has 0 aliphatic carbocycles. The molecule has 2 rings (SSSR count). The second-order valence-corrected chi connectivity index (χ2v) is 7.00. The summed E-state index contributed by atoms with van der Waals surface area (Å²) in [5, 5.41) is 0. The maximum absolute atomic E-state index is 1.58. The molecule has 2 saturated heterocycles. The van der Waals surface area contributed by atoms with Crippen LogP contribution in [0.25, 0.3) is 0 Å². The van der Waals surface area contributed by atoms with Gasteiger partial charge in [0, 0.05) is 0 Å². The van der Waals surface area contributed by atoms with Crippen molar-refractivity contribution < 1.29 is 0 Å². The van der Waals surface area contributed by atoms with Gasteiger partial charge in [-0.15, -0.1) is 17.2 Å². The van der Waals surface area contributed by atoms with E-state index in [-0.39, 0.29) is 0 Å². The van der Waals surface area contributed by atoms with E-state index >= 15 is 0 Å². The molecule has 11 heavy (non-hydrogen) atoms. The Morgan fingerprint density at radius 2 is 1.00 bits per heavy atom. The predicted molar refractivity (Wildman–Crippen MR) is 57.0 cm³/mol. The van der Waals surface area contributed by atoms with Gasteiger partial charge in [0.25, 0.3) is 0 Å². The van der Waals surface area contributed by atoms with E-state index < -0.39 is 0 Å². The van der Waals surface area contributed by atoms with Crippen molar-refractivity contribution in [3.05, 3.63) is 0 Å². The predicted octanol–water partition coefficient (Wildman–Crippen LogP) is 2.92. The van der Waals surface area contributed by atoms with E-state index in [1.807, 2.05) is 0 Å². The molecule has 0 atom stereocenters. The zero-order valence-electron chi connectivity index (χ0n) is 7.16. The first kappa shape index (κ1) is 8.46. The van der Waals surface area contributed by atoms with Gasteiger partial charge in [-0.05, 0) is 55.7 Å². The van der Waals surface area contributed by atoms with Crippen molar-refractivity contribution in [1.82, 2.24) is 0 Å². The van der Waals surface area contributed by atoms with Crippen LogP contribution in [0.4, 0.5) is 0 Å². The number of hydrogen-bond donors (Lipinski definition) is 0. The van der Waals surface area contributed by atoms with Crippen LogP contribution in [-0.2, 0) is 0 Å². The van der Waals surface area contributed by atoms with E-state index in [9.17, 15) is 0 Å². The van der Waals surface area contributed by atoms with Crippen LogP contribution in [-0.4, -0.2) is 24.6 Å². The second kappa shape index (κ2) is 3.71.